The summed E-state index contributed by atoms with van der Waals surface area (Å²) in [5.74, 6) is 0.326. The molecule has 2 heterocycles. The van der Waals surface area contributed by atoms with Crippen molar-refractivity contribution in [3.8, 4) is 0 Å². The van der Waals surface area contributed by atoms with E-state index in [1.807, 2.05) is 18.7 Å². The van der Waals surface area contributed by atoms with Crippen molar-refractivity contribution >= 4 is 23.1 Å². The minimum Gasteiger partial charge on any atom is -0.393 e. The quantitative estimate of drug-likeness (QED) is 0.397. The first-order valence-corrected chi connectivity index (χ1v) is 12.1. The number of imidazole rings is 1. The molecule has 0 atom stereocenters. The number of nitrogens with zero attached hydrogens (tertiary/aromatic N) is 4. The van der Waals surface area contributed by atoms with Crippen molar-refractivity contribution in [2.24, 2.45) is 7.05 Å². The number of aliphatic hydroxyl groups excluding tert-OH is 1. The number of unbranched alkanes of at least 4 members (excludes halogenated alkanes) is 3. The number of anilines is 2. The molecule has 0 bridgehead atoms. The Bertz CT molecular complexity index is 967. The molecule has 1 aliphatic carbocycles. The van der Waals surface area contributed by atoms with Crippen LogP contribution in [0.15, 0.2) is 30.5 Å². The molecule has 0 spiro atoms. The molecule has 0 radical (unpaired) electrons. The standard InChI is InChI=1S/C13H20N6O.C6H4F2.C6H14/c1-14-13-17-10-7-15-12(18-11(10)19(13)2)16-8-3-5-9(20)6-4-8;7-5-2-1-3-6(8)4-5;1-3-5-6-4-2/h7-9,20H,3-6H2,1-2H3,(H,14,17)(H,15,16,18);1-4H;3-6H2,1-2H3. The van der Waals surface area contributed by atoms with Crippen LogP contribution in [0.2, 0.25) is 0 Å². The van der Waals surface area contributed by atoms with Crippen molar-refractivity contribution in [2.75, 3.05) is 17.7 Å². The van der Waals surface area contributed by atoms with Crippen molar-refractivity contribution in [3.63, 3.8) is 0 Å². The molecular formula is C25H38F2N6O. The Balaban J connectivity index is 0.000000240. The summed E-state index contributed by atoms with van der Waals surface area (Å²) in [5, 5.41) is 15.9. The van der Waals surface area contributed by atoms with Gasteiger partial charge in [0.2, 0.25) is 11.9 Å². The first kappa shape index (κ1) is 27.4. The van der Waals surface area contributed by atoms with Crippen LogP contribution in [0.3, 0.4) is 0 Å². The molecule has 34 heavy (non-hydrogen) atoms. The Morgan fingerprint density at radius 3 is 2.15 bits per heavy atom. The van der Waals surface area contributed by atoms with Crippen LogP contribution in [-0.2, 0) is 7.05 Å². The lowest BCUT2D eigenvalue weighted by Crippen LogP contribution is -2.28. The first-order chi connectivity index (χ1) is 16.4. The van der Waals surface area contributed by atoms with Gasteiger partial charge in [0, 0.05) is 26.2 Å². The van der Waals surface area contributed by atoms with Gasteiger partial charge in [-0.05, 0) is 37.8 Å². The Kier molecular flexibility index (Phi) is 11.7. The van der Waals surface area contributed by atoms with E-state index in [2.05, 4.69) is 39.4 Å². The van der Waals surface area contributed by atoms with E-state index in [4.69, 9.17) is 0 Å². The molecule has 1 saturated carbocycles. The van der Waals surface area contributed by atoms with Crippen molar-refractivity contribution < 1.29 is 13.9 Å². The van der Waals surface area contributed by atoms with Gasteiger partial charge in [0.15, 0.2) is 5.65 Å². The molecule has 3 aromatic rings. The molecule has 1 aromatic carbocycles. The zero-order valence-corrected chi connectivity index (χ0v) is 20.7. The third kappa shape index (κ3) is 8.85. The number of aryl methyl sites for hydroxylation is 1. The summed E-state index contributed by atoms with van der Waals surface area (Å²) >= 11 is 0. The van der Waals surface area contributed by atoms with Gasteiger partial charge in [0.05, 0.1) is 12.3 Å². The number of benzene rings is 1. The van der Waals surface area contributed by atoms with Gasteiger partial charge < -0.3 is 15.7 Å². The van der Waals surface area contributed by atoms with E-state index in [1.54, 1.807) is 6.20 Å². The summed E-state index contributed by atoms with van der Waals surface area (Å²) in [6.45, 7) is 4.46. The average molecular weight is 477 g/mol. The van der Waals surface area contributed by atoms with Gasteiger partial charge in [-0.2, -0.15) is 4.98 Å². The van der Waals surface area contributed by atoms with E-state index in [0.29, 0.717) is 12.0 Å². The van der Waals surface area contributed by atoms with Crippen LogP contribution in [0.4, 0.5) is 20.7 Å². The molecule has 0 unspecified atom stereocenters. The zero-order valence-electron chi connectivity index (χ0n) is 20.7. The number of hydrogen-bond acceptors (Lipinski definition) is 6. The van der Waals surface area contributed by atoms with Crippen molar-refractivity contribution in [2.45, 2.75) is 77.4 Å². The highest BCUT2D eigenvalue weighted by molar-refractivity contribution is 5.74. The molecule has 3 N–H and O–H groups in total. The molecule has 7 nitrogen and oxygen atoms in total. The predicted octanol–water partition coefficient (Wildman–Crippen LogP) is 5.67. The highest BCUT2D eigenvalue weighted by atomic mass is 19.1. The van der Waals surface area contributed by atoms with Gasteiger partial charge in [-0.1, -0.05) is 45.6 Å². The van der Waals surface area contributed by atoms with Gasteiger partial charge in [-0.3, -0.25) is 4.57 Å². The van der Waals surface area contributed by atoms with Gasteiger partial charge >= 0.3 is 0 Å². The number of nitrogens with one attached hydrogen (secondary N) is 2. The molecule has 1 fully saturated rings. The maximum absolute atomic E-state index is 11.9. The van der Waals surface area contributed by atoms with Crippen LogP contribution in [0.25, 0.3) is 11.2 Å². The van der Waals surface area contributed by atoms with Gasteiger partial charge in [-0.25, -0.2) is 18.7 Å². The third-order valence-electron chi connectivity index (χ3n) is 5.61. The molecule has 1 aliphatic rings. The smallest absolute Gasteiger partial charge is 0.224 e. The number of hydrogen-bond donors (Lipinski definition) is 3. The molecule has 0 amide bonds. The third-order valence-corrected chi connectivity index (χ3v) is 5.61. The largest absolute Gasteiger partial charge is 0.393 e. The number of aromatic nitrogens is 4. The Morgan fingerprint density at radius 1 is 1.03 bits per heavy atom. The van der Waals surface area contributed by atoms with E-state index >= 15 is 0 Å². The minimum absolute atomic E-state index is 0.147. The number of aliphatic hydroxyl groups is 1. The molecule has 188 valence electrons. The van der Waals surface area contributed by atoms with Crippen LogP contribution >= 0.6 is 0 Å². The fraction of sp³-hybridized carbons (Fsp3) is 0.560. The van der Waals surface area contributed by atoms with E-state index in [0.717, 1.165) is 48.9 Å². The average Bonchev–Trinajstić information content (AvgIpc) is 3.15. The normalized spacial score (nSPS) is 17.3. The van der Waals surface area contributed by atoms with Gasteiger partial charge in [0.25, 0.3) is 0 Å². The van der Waals surface area contributed by atoms with Gasteiger partial charge in [0.1, 0.15) is 17.2 Å². The predicted molar refractivity (Wildman–Crippen MR) is 134 cm³/mol. The molecule has 4 rings (SSSR count). The lowest BCUT2D eigenvalue weighted by molar-refractivity contribution is 0.126. The van der Waals surface area contributed by atoms with E-state index in [9.17, 15) is 13.9 Å². The fourth-order valence-corrected chi connectivity index (χ4v) is 3.64. The number of rotatable bonds is 6. The first-order valence-electron chi connectivity index (χ1n) is 12.1. The van der Waals surface area contributed by atoms with E-state index in [-0.39, 0.29) is 6.10 Å². The van der Waals surface area contributed by atoms with Crippen LogP contribution < -0.4 is 10.6 Å². The SMILES string of the molecule is CCCCCC.CNc1nc2cnc(NC3CCC(O)CC3)nc2n1C.Fc1cccc(F)c1. The van der Waals surface area contributed by atoms with Crippen molar-refractivity contribution in [1.29, 1.82) is 0 Å². The monoisotopic (exact) mass is 476 g/mol. The van der Waals surface area contributed by atoms with Crippen molar-refractivity contribution in [3.05, 3.63) is 42.1 Å². The van der Waals surface area contributed by atoms with Crippen LogP contribution in [0, 0.1) is 11.6 Å². The summed E-state index contributed by atoms with van der Waals surface area (Å²) in [6, 6.07) is 4.89. The van der Waals surface area contributed by atoms with E-state index < -0.39 is 11.6 Å². The molecule has 2 aromatic heterocycles. The maximum atomic E-state index is 11.9. The lowest BCUT2D eigenvalue weighted by Gasteiger charge is -2.26. The fourth-order valence-electron chi connectivity index (χ4n) is 3.64. The highest BCUT2D eigenvalue weighted by Crippen LogP contribution is 2.22. The summed E-state index contributed by atoms with van der Waals surface area (Å²) in [7, 11) is 3.76. The second-order valence-corrected chi connectivity index (χ2v) is 8.44. The van der Waals surface area contributed by atoms with Crippen LogP contribution in [0.1, 0.15) is 65.2 Å². The van der Waals surface area contributed by atoms with Crippen molar-refractivity contribution in [1.82, 2.24) is 19.5 Å². The van der Waals surface area contributed by atoms with Crippen LogP contribution in [-0.4, -0.2) is 43.8 Å². The Hall–Kier alpha value is -2.81. The molecular weight excluding hydrogens is 438 g/mol. The maximum Gasteiger partial charge on any atom is 0.224 e. The van der Waals surface area contributed by atoms with Gasteiger partial charge in [-0.15, -0.1) is 0 Å². The lowest BCUT2D eigenvalue weighted by atomic mass is 9.93. The summed E-state index contributed by atoms with van der Waals surface area (Å²) in [5.41, 5.74) is 1.59. The second-order valence-electron chi connectivity index (χ2n) is 8.44. The van der Waals surface area contributed by atoms with Crippen LogP contribution in [0.5, 0.6) is 0 Å². The number of fused-ring (bicyclic) bond motifs is 1. The zero-order chi connectivity index (χ0) is 24.9. The topological polar surface area (TPSA) is 87.9 Å². The molecule has 9 heteroatoms. The molecule has 0 saturated heterocycles. The Morgan fingerprint density at radius 2 is 1.65 bits per heavy atom. The highest BCUT2D eigenvalue weighted by Gasteiger charge is 2.20. The van der Waals surface area contributed by atoms with E-state index in [1.165, 1.54) is 43.9 Å². The summed E-state index contributed by atoms with van der Waals surface area (Å²) in [6.07, 6.45) is 10.7. The Labute approximate surface area is 201 Å². The molecule has 0 aliphatic heterocycles. The minimum atomic E-state index is -0.537. The summed E-state index contributed by atoms with van der Waals surface area (Å²) in [4.78, 5) is 13.2. The second kappa shape index (κ2) is 14.5. The summed E-state index contributed by atoms with van der Waals surface area (Å²) < 4.78 is 25.8. The number of halogens is 2.